The van der Waals surface area contributed by atoms with Gasteiger partial charge in [0.1, 0.15) is 5.82 Å². The SMILES string of the molecule is O[C@@H]1C[C@]2(CNc3ncc(Br)c(Cl)c32)C[C@H]1n1ccnn1. The van der Waals surface area contributed by atoms with Gasteiger partial charge in [0.25, 0.3) is 0 Å². The summed E-state index contributed by atoms with van der Waals surface area (Å²) in [5.41, 5.74) is 0.791. The molecule has 1 fully saturated rings. The first kappa shape index (κ1) is 13.5. The van der Waals surface area contributed by atoms with Crippen molar-refractivity contribution < 1.29 is 5.11 Å². The number of hydrogen-bond donors (Lipinski definition) is 2. The first-order chi connectivity index (χ1) is 10.1. The van der Waals surface area contributed by atoms with Crippen LogP contribution in [0.5, 0.6) is 0 Å². The highest BCUT2D eigenvalue weighted by Crippen LogP contribution is 2.54. The van der Waals surface area contributed by atoms with Gasteiger partial charge < -0.3 is 10.4 Å². The van der Waals surface area contributed by atoms with Crippen molar-refractivity contribution in [2.45, 2.75) is 30.4 Å². The Hall–Kier alpha value is -1.18. The van der Waals surface area contributed by atoms with E-state index in [-0.39, 0.29) is 11.5 Å². The molecule has 3 atom stereocenters. The average molecular weight is 371 g/mol. The topological polar surface area (TPSA) is 75.9 Å². The fourth-order valence-electron chi connectivity index (χ4n) is 3.59. The van der Waals surface area contributed by atoms with E-state index < -0.39 is 6.10 Å². The van der Waals surface area contributed by atoms with Crippen LogP contribution in [0.2, 0.25) is 5.02 Å². The van der Waals surface area contributed by atoms with Gasteiger partial charge in [-0.15, -0.1) is 5.10 Å². The van der Waals surface area contributed by atoms with Crippen LogP contribution in [0.1, 0.15) is 24.4 Å². The minimum Gasteiger partial charge on any atom is -0.391 e. The van der Waals surface area contributed by atoms with Gasteiger partial charge >= 0.3 is 0 Å². The standard InChI is InChI=1S/C13H13BrClN5O/c14-7-5-16-12-10(11(7)15)13(6-17-12)3-8(9(21)4-13)20-2-1-18-19-20/h1-2,5,8-9,21H,3-4,6H2,(H,16,17)/t8-,9-,13+/m1/s1. The van der Waals surface area contributed by atoms with E-state index >= 15 is 0 Å². The van der Waals surface area contributed by atoms with Crippen molar-refractivity contribution in [2.24, 2.45) is 0 Å². The predicted octanol–water partition coefficient (Wildman–Crippen LogP) is 2.15. The quantitative estimate of drug-likeness (QED) is 0.804. The smallest absolute Gasteiger partial charge is 0.131 e. The number of aliphatic hydroxyl groups is 1. The van der Waals surface area contributed by atoms with Crippen LogP contribution in [0.3, 0.4) is 0 Å². The lowest BCUT2D eigenvalue weighted by molar-refractivity contribution is 0.127. The van der Waals surface area contributed by atoms with E-state index in [1.165, 1.54) is 0 Å². The lowest BCUT2D eigenvalue weighted by Crippen LogP contribution is -2.26. The fourth-order valence-corrected chi connectivity index (χ4v) is 4.23. The number of nitrogens with zero attached hydrogens (tertiary/aromatic N) is 4. The van der Waals surface area contributed by atoms with Crippen LogP contribution >= 0.6 is 27.5 Å². The maximum Gasteiger partial charge on any atom is 0.131 e. The summed E-state index contributed by atoms with van der Waals surface area (Å²) in [6.07, 6.45) is 6.04. The number of pyridine rings is 1. The molecule has 2 aliphatic rings. The summed E-state index contributed by atoms with van der Waals surface area (Å²) < 4.78 is 2.51. The summed E-state index contributed by atoms with van der Waals surface area (Å²) in [6.45, 7) is 0.730. The first-order valence-electron chi connectivity index (χ1n) is 6.73. The van der Waals surface area contributed by atoms with Gasteiger partial charge in [-0.25, -0.2) is 9.67 Å². The number of aliphatic hydroxyl groups excluding tert-OH is 1. The second-order valence-corrected chi connectivity index (χ2v) is 6.94. The van der Waals surface area contributed by atoms with E-state index in [2.05, 4.69) is 36.5 Å². The molecule has 8 heteroatoms. The van der Waals surface area contributed by atoms with Crippen LogP contribution in [0, 0.1) is 0 Å². The van der Waals surface area contributed by atoms with Crippen LogP contribution in [-0.2, 0) is 5.41 Å². The summed E-state index contributed by atoms with van der Waals surface area (Å²) >= 11 is 9.92. The Morgan fingerprint density at radius 3 is 3.10 bits per heavy atom. The van der Waals surface area contributed by atoms with Crippen molar-refractivity contribution in [2.75, 3.05) is 11.9 Å². The molecule has 2 aromatic heterocycles. The van der Waals surface area contributed by atoms with E-state index in [1.807, 2.05) is 0 Å². The average Bonchev–Trinajstić information content (AvgIpc) is 3.15. The van der Waals surface area contributed by atoms with E-state index in [1.54, 1.807) is 23.3 Å². The Morgan fingerprint density at radius 1 is 1.48 bits per heavy atom. The molecule has 6 nitrogen and oxygen atoms in total. The highest BCUT2D eigenvalue weighted by Gasteiger charge is 2.52. The molecule has 2 N–H and O–H groups in total. The molecule has 2 aromatic rings. The monoisotopic (exact) mass is 369 g/mol. The summed E-state index contributed by atoms with van der Waals surface area (Å²) in [7, 11) is 0. The van der Waals surface area contributed by atoms with E-state index in [9.17, 15) is 5.11 Å². The zero-order chi connectivity index (χ0) is 14.6. The van der Waals surface area contributed by atoms with Crippen molar-refractivity contribution >= 4 is 33.3 Å². The van der Waals surface area contributed by atoms with Gasteiger partial charge in [0, 0.05) is 29.9 Å². The molecule has 21 heavy (non-hydrogen) atoms. The summed E-state index contributed by atoms with van der Waals surface area (Å²) in [4.78, 5) is 4.39. The van der Waals surface area contributed by atoms with Crippen LogP contribution in [0.4, 0.5) is 5.82 Å². The largest absolute Gasteiger partial charge is 0.391 e. The maximum atomic E-state index is 10.5. The third kappa shape index (κ3) is 1.91. The van der Waals surface area contributed by atoms with Crippen molar-refractivity contribution in [3.05, 3.63) is 33.6 Å². The molecule has 0 bridgehead atoms. The molecule has 4 rings (SSSR count). The second-order valence-electron chi connectivity index (χ2n) is 5.70. The Balaban J connectivity index is 1.78. The molecule has 110 valence electrons. The lowest BCUT2D eigenvalue weighted by Gasteiger charge is -2.24. The molecule has 0 aromatic carbocycles. The first-order valence-corrected chi connectivity index (χ1v) is 7.90. The maximum absolute atomic E-state index is 10.5. The second kappa shape index (κ2) is 4.66. The van der Waals surface area contributed by atoms with E-state index in [0.717, 1.165) is 28.8 Å². The number of fused-ring (bicyclic) bond motifs is 2. The van der Waals surface area contributed by atoms with Gasteiger partial charge in [-0.05, 0) is 28.8 Å². The summed E-state index contributed by atoms with van der Waals surface area (Å²) in [6, 6.07) is -0.0877. The molecule has 0 unspecified atom stereocenters. The summed E-state index contributed by atoms with van der Waals surface area (Å²) in [5, 5.41) is 22.3. The molecule has 1 spiro atoms. The Kier molecular flexibility index (Phi) is 2.99. The third-order valence-electron chi connectivity index (χ3n) is 4.52. The van der Waals surface area contributed by atoms with Gasteiger partial charge in [-0.3, -0.25) is 0 Å². The number of aromatic nitrogens is 4. The Bertz CT molecular complexity index is 694. The molecule has 1 aliphatic carbocycles. The minimum absolute atomic E-state index is 0.0877. The number of halogens is 2. The van der Waals surface area contributed by atoms with Crippen molar-refractivity contribution in [3.63, 3.8) is 0 Å². The van der Waals surface area contributed by atoms with Crippen molar-refractivity contribution in [1.29, 1.82) is 0 Å². The third-order valence-corrected chi connectivity index (χ3v) is 5.74. The van der Waals surface area contributed by atoms with Crippen LogP contribution < -0.4 is 5.32 Å². The molecular formula is C13H13BrClN5O. The highest BCUT2D eigenvalue weighted by molar-refractivity contribution is 9.10. The summed E-state index contributed by atoms with van der Waals surface area (Å²) in [5.74, 6) is 0.814. The molecule has 1 saturated carbocycles. The van der Waals surface area contributed by atoms with Gasteiger partial charge in [0.15, 0.2) is 0 Å². The van der Waals surface area contributed by atoms with E-state index in [0.29, 0.717) is 11.4 Å². The van der Waals surface area contributed by atoms with Crippen LogP contribution in [0.15, 0.2) is 23.1 Å². The molecule has 3 heterocycles. The highest BCUT2D eigenvalue weighted by atomic mass is 79.9. The van der Waals surface area contributed by atoms with E-state index in [4.69, 9.17) is 11.6 Å². The van der Waals surface area contributed by atoms with Crippen molar-refractivity contribution in [1.82, 2.24) is 20.0 Å². The van der Waals surface area contributed by atoms with Gasteiger partial charge in [0.05, 0.1) is 27.8 Å². The fraction of sp³-hybridized carbons (Fsp3) is 0.462. The number of hydrogen-bond acceptors (Lipinski definition) is 5. The zero-order valence-electron chi connectivity index (χ0n) is 11.0. The number of rotatable bonds is 1. The Labute approximate surface area is 134 Å². The molecular weight excluding hydrogens is 358 g/mol. The van der Waals surface area contributed by atoms with Crippen LogP contribution in [-0.4, -0.2) is 37.7 Å². The number of anilines is 1. The van der Waals surface area contributed by atoms with Gasteiger partial charge in [-0.2, -0.15) is 0 Å². The van der Waals surface area contributed by atoms with Gasteiger partial charge in [0.2, 0.25) is 0 Å². The zero-order valence-corrected chi connectivity index (χ0v) is 13.3. The molecule has 0 saturated heterocycles. The normalized spacial score (nSPS) is 30.6. The lowest BCUT2D eigenvalue weighted by atomic mass is 9.81. The van der Waals surface area contributed by atoms with Gasteiger partial charge in [-0.1, -0.05) is 16.8 Å². The molecule has 0 amide bonds. The van der Waals surface area contributed by atoms with Crippen LogP contribution in [0.25, 0.3) is 0 Å². The molecule has 0 radical (unpaired) electrons. The number of nitrogens with one attached hydrogen (secondary N) is 1. The molecule has 1 aliphatic heterocycles. The minimum atomic E-state index is -0.477. The Morgan fingerprint density at radius 2 is 2.33 bits per heavy atom. The predicted molar refractivity (Wildman–Crippen MR) is 81.4 cm³/mol. The van der Waals surface area contributed by atoms with Crippen molar-refractivity contribution in [3.8, 4) is 0 Å².